The first-order chi connectivity index (χ1) is 15.7. The molecule has 0 spiro atoms. The number of benzene rings is 4. The quantitative estimate of drug-likeness (QED) is 0.384. The van der Waals surface area contributed by atoms with Crippen molar-refractivity contribution >= 4 is 11.6 Å². The molecule has 32 heavy (non-hydrogen) atoms. The minimum Gasteiger partial charge on any atom is -0.497 e. The molecule has 0 saturated heterocycles. The standard InChI is InChI=1S/C28H26N2O2/c1-32-24-18-16-23(17-19-24)28(22-12-6-3-7-13-22)29-20-27(31)30-26-15-9-8-14-25(26)21-10-4-2-5-11-21/h2-19,28-29H,20H2,1H3,(H,30,31). The summed E-state index contributed by atoms with van der Waals surface area (Å²) >= 11 is 0. The summed E-state index contributed by atoms with van der Waals surface area (Å²) < 4.78 is 5.28. The Kier molecular flexibility index (Phi) is 6.95. The second kappa shape index (κ2) is 10.4. The number of para-hydroxylation sites is 1. The van der Waals surface area contributed by atoms with Crippen molar-refractivity contribution < 1.29 is 9.53 Å². The van der Waals surface area contributed by atoms with E-state index in [0.29, 0.717) is 0 Å². The van der Waals surface area contributed by atoms with Gasteiger partial charge in [0, 0.05) is 11.3 Å². The molecule has 0 fully saturated rings. The van der Waals surface area contributed by atoms with Crippen molar-refractivity contribution in [2.45, 2.75) is 6.04 Å². The molecule has 1 unspecified atom stereocenters. The molecule has 0 aliphatic rings. The summed E-state index contributed by atoms with van der Waals surface area (Å²) in [5, 5.41) is 6.48. The molecule has 0 bridgehead atoms. The number of rotatable bonds is 8. The Labute approximate surface area is 188 Å². The van der Waals surface area contributed by atoms with Gasteiger partial charge in [0.1, 0.15) is 5.75 Å². The summed E-state index contributed by atoms with van der Waals surface area (Å²) in [4.78, 5) is 12.9. The molecule has 4 rings (SSSR count). The van der Waals surface area contributed by atoms with Gasteiger partial charge in [0.05, 0.1) is 19.7 Å². The molecule has 4 nitrogen and oxygen atoms in total. The fourth-order valence-corrected chi connectivity index (χ4v) is 3.72. The predicted molar refractivity (Wildman–Crippen MR) is 130 cm³/mol. The van der Waals surface area contributed by atoms with Crippen LogP contribution in [0.15, 0.2) is 109 Å². The van der Waals surface area contributed by atoms with Crippen LogP contribution < -0.4 is 15.4 Å². The number of carbonyl (C=O) groups excluding carboxylic acids is 1. The van der Waals surface area contributed by atoms with Crippen molar-refractivity contribution in [2.24, 2.45) is 0 Å². The van der Waals surface area contributed by atoms with Gasteiger partial charge < -0.3 is 10.1 Å². The summed E-state index contributed by atoms with van der Waals surface area (Å²) in [6, 6.07) is 35.8. The lowest BCUT2D eigenvalue weighted by Gasteiger charge is -2.20. The molecule has 2 N–H and O–H groups in total. The van der Waals surface area contributed by atoms with Crippen LogP contribution in [0, 0.1) is 0 Å². The van der Waals surface area contributed by atoms with Crippen LogP contribution in [0.4, 0.5) is 5.69 Å². The Morgan fingerprint density at radius 1 is 0.750 bits per heavy atom. The zero-order valence-electron chi connectivity index (χ0n) is 18.0. The average Bonchev–Trinajstić information content (AvgIpc) is 2.86. The summed E-state index contributed by atoms with van der Waals surface area (Å²) in [5.41, 5.74) is 5.02. The Morgan fingerprint density at radius 2 is 1.34 bits per heavy atom. The Bertz CT molecular complexity index is 1140. The second-order valence-corrected chi connectivity index (χ2v) is 7.46. The van der Waals surface area contributed by atoms with Gasteiger partial charge in [0.15, 0.2) is 0 Å². The smallest absolute Gasteiger partial charge is 0.238 e. The molecule has 0 aromatic heterocycles. The van der Waals surface area contributed by atoms with E-state index in [1.807, 2.05) is 97.1 Å². The molecule has 1 atom stereocenters. The highest BCUT2D eigenvalue weighted by Gasteiger charge is 2.16. The van der Waals surface area contributed by atoms with Crippen LogP contribution in [0.2, 0.25) is 0 Å². The first-order valence-electron chi connectivity index (χ1n) is 10.6. The lowest BCUT2D eigenvalue weighted by Crippen LogP contribution is -2.32. The van der Waals surface area contributed by atoms with E-state index in [-0.39, 0.29) is 18.5 Å². The summed E-state index contributed by atoms with van der Waals surface area (Å²) in [5.74, 6) is 0.707. The third kappa shape index (κ3) is 5.23. The molecule has 0 radical (unpaired) electrons. The summed E-state index contributed by atoms with van der Waals surface area (Å²) in [6.07, 6.45) is 0. The third-order valence-corrected chi connectivity index (χ3v) is 5.33. The predicted octanol–water partition coefficient (Wildman–Crippen LogP) is 5.68. The number of ether oxygens (including phenoxy) is 1. The maximum absolute atomic E-state index is 12.9. The van der Waals surface area contributed by atoms with Gasteiger partial charge in [-0.05, 0) is 34.9 Å². The van der Waals surface area contributed by atoms with Crippen LogP contribution in [0.5, 0.6) is 5.75 Å². The molecule has 1 amide bonds. The van der Waals surface area contributed by atoms with Gasteiger partial charge in [-0.15, -0.1) is 0 Å². The van der Waals surface area contributed by atoms with E-state index < -0.39 is 0 Å². The van der Waals surface area contributed by atoms with Gasteiger partial charge in [-0.1, -0.05) is 91.0 Å². The Morgan fingerprint density at radius 3 is 2.03 bits per heavy atom. The maximum Gasteiger partial charge on any atom is 0.238 e. The van der Waals surface area contributed by atoms with Crippen molar-refractivity contribution in [3.05, 3.63) is 120 Å². The van der Waals surface area contributed by atoms with Crippen LogP contribution >= 0.6 is 0 Å². The van der Waals surface area contributed by atoms with E-state index in [4.69, 9.17) is 4.74 Å². The molecule has 0 aliphatic carbocycles. The zero-order chi connectivity index (χ0) is 22.2. The first kappa shape index (κ1) is 21.3. The number of anilines is 1. The molecule has 0 heterocycles. The van der Waals surface area contributed by atoms with Crippen LogP contribution in [0.25, 0.3) is 11.1 Å². The SMILES string of the molecule is COc1ccc(C(NCC(=O)Nc2ccccc2-c2ccccc2)c2ccccc2)cc1. The number of hydrogen-bond donors (Lipinski definition) is 2. The van der Waals surface area contributed by atoms with E-state index in [2.05, 4.69) is 22.8 Å². The zero-order valence-corrected chi connectivity index (χ0v) is 18.0. The molecule has 4 heteroatoms. The van der Waals surface area contributed by atoms with Crippen LogP contribution in [0.1, 0.15) is 17.2 Å². The van der Waals surface area contributed by atoms with Crippen molar-refractivity contribution in [3.63, 3.8) is 0 Å². The van der Waals surface area contributed by atoms with Gasteiger partial charge in [-0.2, -0.15) is 0 Å². The van der Waals surface area contributed by atoms with E-state index in [9.17, 15) is 4.79 Å². The van der Waals surface area contributed by atoms with Gasteiger partial charge in [0.2, 0.25) is 5.91 Å². The highest BCUT2D eigenvalue weighted by molar-refractivity contribution is 5.96. The molecular weight excluding hydrogens is 396 g/mol. The monoisotopic (exact) mass is 422 g/mol. The highest BCUT2D eigenvalue weighted by Crippen LogP contribution is 2.28. The third-order valence-electron chi connectivity index (χ3n) is 5.33. The minimum absolute atomic E-state index is 0.0946. The topological polar surface area (TPSA) is 50.4 Å². The molecular formula is C28H26N2O2. The normalized spacial score (nSPS) is 11.5. The number of nitrogens with one attached hydrogen (secondary N) is 2. The molecule has 160 valence electrons. The summed E-state index contributed by atoms with van der Waals surface area (Å²) in [6.45, 7) is 0.175. The number of hydrogen-bond acceptors (Lipinski definition) is 3. The van der Waals surface area contributed by atoms with E-state index in [1.54, 1.807) is 7.11 Å². The van der Waals surface area contributed by atoms with Crippen LogP contribution in [-0.4, -0.2) is 19.6 Å². The van der Waals surface area contributed by atoms with Crippen molar-refractivity contribution in [1.82, 2.24) is 5.32 Å². The van der Waals surface area contributed by atoms with Crippen LogP contribution in [0.3, 0.4) is 0 Å². The highest BCUT2D eigenvalue weighted by atomic mass is 16.5. The lowest BCUT2D eigenvalue weighted by atomic mass is 9.98. The number of methoxy groups -OCH3 is 1. The van der Waals surface area contributed by atoms with Crippen molar-refractivity contribution in [1.29, 1.82) is 0 Å². The molecule has 0 saturated carbocycles. The van der Waals surface area contributed by atoms with Gasteiger partial charge in [-0.25, -0.2) is 0 Å². The second-order valence-electron chi connectivity index (χ2n) is 7.46. The minimum atomic E-state index is -0.114. The van der Waals surface area contributed by atoms with E-state index in [0.717, 1.165) is 33.7 Å². The van der Waals surface area contributed by atoms with Crippen molar-refractivity contribution in [2.75, 3.05) is 19.0 Å². The van der Waals surface area contributed by atoms with Crippen LogP contribution in [-0.2, 0) is 4.79 Å². The fraction of sp³-hybridized carbons (Fsp3) is 0.107. The lowest BCUT2D eigenvalue weighted by molar-refractivity contribution is -0.115. The van der Waals surface area contributed by atoms with Gasteiger partial charge in [-0.3, -0.25) is 10.1 Å². The van der Waals surface area contributed by atoms with Crippen molar-refractivity contribution in [3.8, 4) is 16.9 Å². The maximum atomic E-state index is 12.9. The molecule has 0 aliphatic heterocycles. The first-order valence-corrected chi connectivity index (χ1v) is 10.6. The van der Waals surface area contributed by atoms with E-state index >= 15 is 0 Å². The molecule has 4 aromatic rings. The number of amides is 1. The Balaban J connectivity index is 1.50. The van der Waals surface area contributed by atoms with Gasteiger partial charge in [0.25, 0.3) is 0 Å². The number of carbonyl (C=O) groups is 1. The van der Waals surface area contributed by atoms with Gasteiger partial charge >= 0.3 is 0 Å². The Hall–Kier alpha value is -3.89. The van der Waals surface area contributed by atoms with E-state index in [1.165, 1.54) is 0 Å². The fourth-order valence-electron chi connectivity index (χ4n) is 3.72. The average molecular weight is 423 g/mol. The largest absolute Gasteiger partial charge is 0.497 e. The molecule has 4 aromatic carbocycles. The summed E-state index contributed by atoms with van der Waals surface area (Å²) in [7, 11) is 1.65.